The summed E-state index contributed by atoms with van der Waals surface area (Å²) in [5.41, 5.74) is 0.637. The fourth-order valence-electron chi connectivity index (χ4n) is 2.14. The number of hydrogen-bond donors (Lipinski definition) is 1. The van der Waals surface area contributed by atoms with Gasteiger partial charge in [0.25, 0.3) is 15.7 Å². The molecule has 1 aromatic heterocycles. The number of hydrazone groups is 1. The molecule has 0 atom stereocenters. The Balaban J connectivity index is 1.70. The fourth-order valence-corrected chi connectivity index (χ4v) is 2.95. The van der Waals surface area contributed by atoms with Crippen LogP contribution in [0.4, 0.5) is 5.69 Å². The highest BCUT2D eigenvalue weighted by molar-refractivity contribution is 7.89. The van der Waals surface area contributed by atoms with Crippen molar-refractivity contribution < 1.29 is 17.8 Å². The second kappa shape index (κ2) is 7.19. The molecular formula is C17H13N3O5S. The third-order valence-electron chi connectivity index (χ3n) is 3.41. The number of hydrogen-bond acceptors (Lipinski definition) is 6. The molecule has 0 spiro atoms. The number of nitro benzene ring substituents is 1. The lowest BCUT2D eigenvalue weighted by atomic mass is 10.1. The van der Waals surface area contributed by atoms with Crippen molar-refractivity contribution in [3.05, 3.63) is 82.6 Å². The van der Waals surface area contributed by atoms with Gasteiger partial charge in [0.05, 0.1) is 16.0 Å². The third-order valence-corrected chi connectivity index (χ3v) is 4.65. The molecule has 0 saturated heterocycles. The van der Waals surface area contributed by atoms with Crippen LogP contribution in [0.2, 0.25) is 0 Å². The number of nitrogens with one attached hydrogen (secondary N) is 1. The van der Waals surface area contributed by atoms with Crippen molar-refractivity contribution in [3.63, 3.8) is 0 Å². The van der Waals surface area contributed by atoms with E-state index in [9.17, 15) is 18.5 Å². The molecule has 0 radical (unpaired) electrons. The monoisotopic (exact) mass is 371 g/mol. The maximum absolute atomic E-state index is 12.0. The number of non-ortho nitro benzene ring substituents is 1. The Hall–Kier alpha value is -3.46. The maximum atomic E-state index is 12.0. The Bertz CT molecular complexity index is 1040. The zero-order chi connectivity index (χ0) is 18.6. The molecule has 3 rings (SSSR count). The van der Waals surface area contributed by atoms with Gasteiger partial charge >= 0.3 is 0 Å². The van der Waals surface area contributed by atoms with E-state index in [1.165, 1.54) is 30.5 Å². The van der Waals surface area contributed by atoms with Crippen LogP contribution in [-0.2, 0) is 10.0 Å². The van der Waals surface area contributed by atoms with Gasteiger partial charge in [0.2, 0.25) is 0 Å². The van der Waals surface area contributed by atoms with Gasteiger partial charge in [-0.05, 0) is 36.4 Å². The Morgan fingerprint density at radius 2 is 1.69 bits per heavy atom. The number of furan rings is 1. The van der Waals surface area contributed by atoms with E-state index in [1.807, 2.05) is 0 Å². The largest absolute Gasteiger partial charge is 0.455 e. The molecule has 1 heterocycles. The number of nitrogens with zero attached hydrogens (tertiary/aromatic N) is 2. The second-order valence-electron chi connectivity index (χ2n) is 5.17. The van der Waals surface area contributed by atoms with E-state index in [1.54, 1.807) is 42.5 Å². The van der Waals surface area contributed by atoms with Gasteiger partial charge in [0.1, 0.15) is 11.5 Å². The highest BCUT2D eigenvalue weighted by Crippen LogP contribution is 2.24. The van der Waals surface area contributed by atoms with Crippen LogP contribution in [0.1, 0.15) is 5.76 Å². The third kappa shape index (κ3) is 3.95. The van der Waals surface area contributed by atoms with Crippen molar-refractivity contribution in [2.24, 2.45) is 5.10 Å². The van der Waals surface area contributed by atoms with Gasteiger partial charge in [0, 0.05) is 17.7 Å². The van der Waals surface area contributed by atoms with Gasteiger partial charge in [-0.25, -0.2) is 0 Å². The molecular weight excluding hydrogens is 358 g/mol. The van der Waals surface area contributed by atoms with Crippen LogP contribution < -0.4 is 4.83 Å². The van der Waals surface area contributed by atoms with Crippen LogP contribution in [-0.4, -0.2) is 19.6 Å². The predicted octanol–water partition coefficient (Wildman–Crippen LogP) is 3.17. The summed E-state index contributed by atoms with van der Waals surface area (Å²) in [6.07, 6.45) is 1.23. The molecule has 0 fully saturated rings. The number of rotatable bonds is 6. The molecule has 0 aliphatic heterocycles. The first-order valence-corrected chi connectivity index (χ1v) is 8.88. The highest BCUT2D eigenvalue weighted by Gasteiger charge is 2.11. The fraction of sp³-hybridized carbons (Fsp3) is 0. The topological polar surface area (TPSA) is 115 Å². The average molecular weight is 371 g/mol. The van der Waals surface area contributed by atoms with E-state index in [0.717, 1.165) is 0 Å². The minimum Gasteiger partial charge on any atom is -0.455 e. The first kappa shape index (κ1) is 17.4. The van der Waals surface area contributed by atoms with Crippen LogP contribution >= 0.6 is 0 Å². The average Bonchev–Trinajstić information content (AvgIpc) is 3.11. The quantitative estimate of drug-likeness (QED) is 0.406. The van der Waals surface area contributed by atoms with E-state index >= 15 is 0 Å². The summed E-state index contributed by atoms with van der Waals surface area (Å²) in [5.74, 6) is 0.807. The van der Waals surface area contributed by atoms with Gasteiger partial charge in [0.15, 0.2) is 0 Å². The standard InChI is InChI=1S/C17H13N3O5S/c21-20(22)14-8-6-13(7-9-14)17-11-10-15(25-17)12-18-19-26(23,24)16-4-2-1-3-5-16/h1-12,19H/b18-12-. The number of benzene rings is 2. The minimum atomic E-state index is -3.74. The molecule has 2 aromatic carbocycles. The van der Waals surface area contributed by atoms with Crippen molar-refractivity contribution in [2.75, 3.05) is 0 Å². The molecule has 1 N–H and O–H groups in total. The lowest BCUT2D eigenvalue weighted by molar-refractivity contribution is -0.384. The van der Waals surface area contributed by atoms with Crippen LogP contribution in [0.15, 0.2) is 81.1 Å². The Kier molecular flexibility index (Phi) is 4.81. The van der Waals surface area contributed by atoms with Gasteiger partial charge in [-0.2, -0.15) is 18.4 Å². The van der Waals surface area contributed by atoms with Crippen molar-refractivity contribution >= 4 is 21.9 Å². The molecule has 0 bridgehead atoms. The Morgan fingerprint density at radius 3 is 2.35 bits per heavy atom. The molecule has 0 amide bonds. The highest BCUT2D eigenvalue weighted by atomic mass is 32.2. The molecule has 0 aliphatic rings. The normalized spacial score (nSPS) is 11.5. The van der Waals surface area contributed by atoms with Crippen LogP contribution in [0.3, 0.4) is 0 Å². The predicted molar refractivity (Wildman–Crippen MR) is 95.2 cm³/mol. The lowest BCUT2D eigenvalue weighted by Crippen LogP contribution is -2.18. The van der Waals surface area contributed by atoms with Gasteiger partial charge in [-0.1, -0.05) is 18.2 Å². The summed E-state index contributed by atoms with van der Waals surface area (Å²) in [5, 5.41) is 14.4. The first-order valence-electron chi connectivity index (χ1n) is 7.40. The molecule has 0 saturated carbocycles. The van der Waals surface area contributed by atoms with Gasteiger partial charge < -0.3 is 4.42 Å². The van der Waals surface area contributed by atoms with Crippen molar-refractivity contribution in [1.29, 1.82) is 0 Å². The van der Waals surface area contributed by atoms with E-state index in [-0.39, 0.29) is 10.6 Å². The van der Waals surface area contributed by atoms with Crippen LogP contribution in [0.25, 0.3) is 11.3 Å². The van der Waals surface area contributed by atoms with E-state index < -0.39 is 14.9 Å². The minimum absolute atomic E-state index is 0.0163. The zero-order valence-corrected chi connectivity index (χ0v) is 14.1. The molecule has 132 valence electrons. The summed E-state index contributed by atoms with van der Waals surface area (Å²) >= 11 is 0. The number of sulfonamides is 1. The van der Waals surface area contributed by atoms with Crippen molar-refractivity contribution in [3.8, 4) is 11.3 Å². The lowest BCUT2D eigenvalue weighted by Gasteiger charge is -2.01. The smallest absolute Gasteiger partial charge is 0.276 e. The zero-order valence-electron chi connectivity index (χ0n) is 13.3. The van der Waals surface area contributed by atoms with E-state index in [4.69, 9.17) is 4.42 Å². The first-order chi connectivity index (χ1) is 12.5. The SMILES string of the molecule is O=[N+]([O-])c1ccc(-c2ccc(/C=N\NS(=O)(=O)c3ccccc3)o2)cc1. The second-order valence-corrected chi connectivity index (χ2v) is 6.83. The molecule has 0 aliphatic carbocycles. The van der Waals surface area contributed by atoms with E-state index in [2.05, 4.69) is 9.93 Å². The maximum Gasteiger partial charge on any atom is 0.276 e. The van der Waals surface area contributed by atoms with Crippen LogP contribution in [0.5, 0.6) is 0 Å². The summed E-state index contributed by atoms with van der Waals surface area (Å²) in [7, 11) is -3.74. The van der Waals surface area contributed by atoms with E-state index in [0.29, 0.717) is 17.1 Å². The summed E-state index contributed by atoms with van der Waals surface area (Å²) in [4.78, 5) is 12.4. The van der Waals surface area contributed by atoms with Crippen molar-refractivity contribution in [1.82, 2.24) is 4.83 Å². The molecule has 8 nitrogen and oxygen atoms in total. The summed E-state index contributed by atoms with van der Waals surface area (Å²) in [6.45, 7) is 0. The number of nitro groups is 1. The molecule has 3 aromatic rings. The van der Waals surface area contributed by atoms with Gasteiger partial charge in [-0.3, -0.25) is 10.1 Å². The summed E-state index contributed by atoms with van der Waals surface area (Å²) < 4.78 is 29.6. The molecule has 9 heteroatoms. The molecule has 0 unspecified atom stereocenters. The molecule has 26 heavy (non-hydrogen) atoms. The van der Waals surface area contributed by atoms with Gasteiger partial charge in [-0.15, -0.1) is 0 Å². The van der Waals surface area contributed by atoms with Crippen molar-refractivity contribution in [2.45, 2.75) is 4.90 Å². The Labute approximate surface area is 149 Å². The Morgan fingerprint density at radius 1 is 1.00 bits per heavy atom. The van der Waals surface area contributed by atoms with Crippen LogP contribution in [0, 0.1) is 10.1 Å². The summed E-state index contributed by atoms with van der Waals surface area (Å²) in [6, 6.07) is 17.0.